The maximum Gasteiger partial charge on any atom is 0.242 e. The molecule has 0 spiro atoms. The van der Waals surface area contributed by atoms with E-state index in [2.05, 4.69) is 18.7 Å². The normalized spacial score (nSPS) is 17.6. The Bertz CT molecular complexity index is 978. The molecule has 1 aromatic heterocycles. The van der Waals surface area contributed by atoms with Crippen molar-refractivity contribution in [1.29, 1.82) is 0 Å². The molecule has 0 saturated carbocycles. The van der Waals surface area contributed by atoms with Gasteiger partial charge in [0.15, 0.2) is 12.1 Å². The largest absolute Gasteiger partial charge is 0.493 e. The first-order chi connectivity index (χ1) is 16.4. The lowest BCUT2D eigenvalue weighted by molar-refractivity contribution is -0.182. The van der Waals surface area contributed by atoms with Crippen LogP contribution in [0.1, 0.15) is 37.9 Å². The van der Waals surface area contributed by atoms with Crippen molar-refractivity contribution in [3.63, 3.8) is 0 Å². The third-order valence-corrected chi connectivity index (χ3v) is 6.27. The van der Waals surface area contributed by atoms with E-state index in [0.29, 0.717) is 43.0 Å². The maximum absolute atomic E-state index is 12.9. The SMILES string of the molecule is Cc1cc(N2CCN(CCC3OCCCO3)CC2=O)nn1Cc1cc(Cl)ccc1OCC(C)C.Cl. The Labute approximate surface area is 218 Å². The van der Waals surface area contributed by atoms with Gasteiger partial charge in [-0.05, 0) is 37.5 Å². The van der Waals surface area contributed by atoms with Crippen molar-refractivity contribution < 1.29 is 19.0 Å². The number of aryl methyl sites for hydroxylation is 1. The smallest absolute Gasteiger partial charge is 0.242 e. The van der Waals surface area contributed by atoms with Crippen molar-refractivity contribution in [1.82, 2.24) is 14.7 Å². The quantitative estimate of drug-likeness (QED) is 0.488. The molecule has 2 aromatic rings. The third kappa shape index (κ3) is 7.57. The van der Waals surface area contributed by atoms with Crippen LogP contribution in [0, 0.1) is 12.8 Å². The van der Waals surface area contributed by atoms with Gasteiger partial charge in [-0.3, -0.25) is 19.3 Å². The number of hydrogen-bond donors (Lipinski definition) is 0. The summed E-state index contributed by atoms with van der Waals surface area (Å²) >= 11 is 6.26. The van der Waals surface area contributed by atoms with Crippen molar-refractivity contribution in [3.8, 4) is 5.75 Å². The summed E-state index contributed by atoms with van der Waals surface area (Å²) in [6.07, 6.45) is 1.58. The molecule has 0 N–H and O–H groups in total. The van der Waals surface area contributed by atoms with Gasteiger partial charge in [0.1, 0.15) is 5.75 Å². The molecule has 0 unspecified atom stereocenters. The second-order valence-electron chi connectivity index (χ2n) is 9.39. The van der Waals surface area contributed by atoms with E-state index in [1.165, 1.54) is 0 Å². The number of anilines is 1. The minimum Gasteiger partial charge on any atom is -0.493 e. The van der Waals surface area contributed by atoms with Crippen LogP contribution in [0.3, 0.4) is 0 Å². The first kappa shape index (κ1) is 27.7. The summed E-state index contributed by atoms with van der Waals surface area (Å²) in [6, 6.07) is 7.64. The summed E-state index contributed by atoms with van der Waals surface area (Å²) in [6.45, 7) is 11.5. The minimum atomic E-state index is -0.152. The monoisotopic (exact) mass is 526 g/mol. The zero-order chi connectivity index (χ0) is 24.1. The average molecular weight is 527 g/mol. The Morgan fingerprint density at radius 3 is 2.69 bits per heavy atom. The molecule has 8 nitrogen and oxygen atoms in total. The molecule has 2 saturated heterocycles. The fourth-order valence-electron chi connectivity index (χ4n) is 4.16. The molecule has 2 aliphatic rings. The number of aromatic nitrogens is 2. The molecule has 3 heterocycles. The van der Waals surface area contributed by atoms with Gasteiger partial charge in [-0.25, -0.2) is 0 Å². The third-order valence-electron chi connectivity index (χ3n) is 6.04. The molecular weight excluding hydrogens is 491 g/mol. The summed E-state index contributed by atoms with van der Waals surface area (Å²) in [5.74, 6) is 1.98. The lowest BCUT2D eigenvalue weighted by Crippen LogP contribution is -2.51. The van der Waals surface area contributed by atoms with E-state index in [-0.39, 0.29) is 24.6 Å². The minimum absolute atomic E-state index is 0. The number of carbonyl (C=O) groups is 1. The van der Waals surface area contributed by atoms with E-state index >= 15 is 0 Å². The van der Waals surface area contributed by atoms with Gasteiger partial charge in [0, 0.05) is 48.4 Å². The lowest BCUT2D eigenvalue weighted by atomic mass is 10.2. The lowest BCUT2D eigenvalue weighted by Gasteiger charge is -2.34. The predicted molar refractivity (Wildman–Crippen MR) is 139 cm³/mol. The Balaban J connectivity index is 0.00000342. The van der Waals surface area contributed by atoms with Gasteiger partial charge in [0.25, 0.3) is 0 Å². The average Bonchev–Trinajstić information content (AvgIpc) is 3.17. The highest BCUT2D eigenvalue weighted by Crippen LogP contribution is 2.26. The molecule has 2 aliphatic heterocycles. The molecule has 35 heavy (non-hydrogen) atoms. The summed E-state index contributed by atoms with van der Waals surface area (Å²) < 4.78 is 19.1. The molecule has 1 aromatic carbocycles. The molecule has 0 radical (unpaired) electrons. The number of rotatable bonds is 9. The number of halogens is 2. The van der Waals surface area contributed by atoms with E-state index in [0.717, 1.165) is 56.2 Å². The van der Waals surface area contributed by atoms with E-state index in [1.807, 2.05) is 35.9 Å². The molecular formula is C25H36Cl2N4O4. The van der Waals surface area contributed by atoms with Gasteiger partial charge in [0.2, 0.25) is 5.91 Å². The van der Waals surface area contributed by atoms with E-state index in [4.69, 9.17) is 30.9 Å². The second kappa shape index (κ2) is 12.9. The predicted octanol–water partition coefficient (Wildman–Crippen LogP) is 4.15. The van der Waals surface area contributed by atoms with Gasteiger partial charge in [-0.2, -0.15) is 5.10 Å². The van der Waals surface area contributed by atoms with Crippen LogP contribution in [0.25, 0.3) is 0 Å². The Kier molecular flexibility index (Phi) is 10.2. The van der Waals surface area contributed by atoms with Crippen molar-refractivity contribution in [2.75, 3.05) is 50.9 Å². The Morgan fingerprint density at radius 1 is 1.20 bits per heavy atom. The standard InChI is InChI=1S/C25H35ClN4O4.ClH/c1-18(2)17-34-22-6-5-21(26)14-20(22)15-30-19(3)13-23(27-30)29-10-9-28(16-24(29)31)8-7-25-32-11-4-12-33-25;/h5-6,13-14,18,25H,4,7-12,15-17H2,1-3H3;1H. The second-order valence-corrected chi connectivity index (χ2v) is 9.83. The van der Waals surface area contributed by atoms with Crippen LogP contribution >= 0.6 is 24.0 Å². The molecule has 194 valence electrons. The van der Waals surface area contributed by atoms with Crippen LogP contribution in [0.4, 0.5) is 5.82 Å². The van der Waals surface area contributed by atoms with Crippen molar-refractivity contribution in [3.05, 3.63) is 40.5 Å². The maximum atomic E-state index is 12.9. The van der Waals surface area contributed by atoms with Crippen LogP contribution in [-0.2, 0) is 20.8 Å². The van der Waals surface area contributed by atoms with E-state index in [1.54, 1.807) is 4.90 Å². The first-order valence-electron chi connectivity index (χ1n) is 12.1. The van der Waals surface area contributed by atoms with Crippen LogP contribution in [-0.4, -0.2) is 72.9 Å². The number of hydrogen-bond acceptors (Lipinski definition) is 6. The first-order valence-corrected chi connectivity index (χ1v) is 12.5. The van der Waals surface area contributed by atoms with Gasteiger partial charge >= 0.3 is 0 Å². The van der Waals surface area contributed by atoms with Gasteiger partial charge in [0.05, 0.1) is 32.9 Å². The molecule has 4 rings (SSSR count). The zero-order valence-corrected chi connectivity index (χ0v) is 22.3. The fraction of sp³-hybridized carbons (Fsp3) is 0.600. The fourth-order valence-corrected chi connectivity index (χ4v) is 4.36. The molecule has 2 fully saturated rings. The topological polar surface area (TPSA) is 69.1 Å². The van der Waals surface area contributed by atoms with Crippen LogP contribution in [0.2, 0.25) is 5.02 Å². The number of ether oxygens (including phenoxy) is 3. The summed E-state index contributed by atoms with van der Waals surface area (Å²) in [4.78, 5) is 16.9. The Hall–Kier alpha value is -1.84. The summed E-state index contributed by atoms with van der Waals surface area (Å²) in [5.41, 5.74) is 1.95. The van der Waals surface area contributed by atoms with E-state index < -0.39 is 0 Å². The molecule has 0 atom stereocenters. The number of benzene rings is 1. The number of nitrogens with zero attached hydrogens (tertiary/aromatic N) is 4. The van der Waals surface area contributed by atoms with Crippen LogP contribution in [0.5, 0.6) is 5.75 Å². The van der Waals surface area contributed by atoms with Crippen LogP contribution in [0.15, 0.2) is 24.3 Å². The Morgan fingerprint density at radius 2 is 1.97 bits per heavy atom. The highest BCUT2D eigenvalue weighted by Gasteiger charge is 2.28. The molecule has 10 heteroatoms. The van der Waals surface area contributed by atoms with Crippen LogP contribution < -0.4 is 9.64 Å². The highest BCUT2D eigenvalue weighted by atomic mass is 35.5. The highest BCUT2D eigenvalue weighted by molar-refractivity contribution is 6.30. The van der Waals surface area contributed by atoms with Gasteiger partial charge in [-0.15, -0.1) is 12.4 Å². The molecule has 0 bridgehead atoms. The molecule has 0 aliphatic carbocycles. The number of carbonyl (C=O) groups excluding carboxylic acids is 1. The van der Waals surface area contributed by atoms with E-state index in [9.17, 15) is 4.79 Å². The number of amides is 1. The van der Waals surface area contributed by atoms with Crippen molar-refractivity contribution in [2.24, 2.45) is 5.92 Å². The molecule has 1 amide bonds. The number of piperazine rings is 1. The van der Waals surface area contributed by atoms with Gasteiger partial charge in [-0.1, -0.05) is 25.4 Å². The van der Waals surface area contributed by atoms with Crippen molar-refractivity contribution in [2.45, 2.75) is 46.4 Å². The summed E-state index contributed by atoms with van der Waals surface area (Å²) in [7, 11) is 0. The van der Waals surface area contributed by atoms with Crippen molar-refractivity contribution >= 4 is 35.7 Å². The van der Waals surface area contributed by atoms with Gasteiger partial charge < -0.3 is 14.2 Å². The summed E-state index contributed by atoms with van der Waals surface area (Å²) in [5, 5.41) is 5.41. The zero-order valence-electron chi connectivity index (χ0n) is 20.7.